The van der Waals surface area contributed by atoms with E-state index in [2.05, 4.69) is 21.2 Å². The van der Waals surface area contributed by atoms with Crippen LogP contribution < -0.4 is 19.5 Å². The van der Waals surface area contributed by atoms with E-state index in [1.807, 2.05) is 49.4 Å². The normalized spacial score (nSPS) is 11.5. The van der Waals surface area contributed by atoms with Gasteiger partial charge in [0.15, 0.2) is 18.1 Å². The minimum atomic E-state index is -0.176. The zero-order valence-electron chi connectivity index (χ0n) is 14.5. The molecule has 0 aliphatic carbocycles. The van der Waals surface area contributed by atoms with E-state index in [0.29, 0.717) is 17.2 Å². The summed E-state index contributed by atoms with van der Waals surface area (Å²) in [6.07, 6.45) is 0.750. The van der Waals surface area contributed by atoms with Gasteiger partial charge in [-0.3, -0.25) is 4.79 Å². The Morgan fingerprint density at radius 2 is 1.76 bits per heavy atom. The van der Waals surface area contributed by atoms with Crippen molar-refractivity contribution in [2.45, 2.75) is 19.4 Å². The first-order valence-corrected chi connectivity index (χ1v) is 8.76. The second-order valence-electron chi connectivity index (χ2n) is 5.39. The molecule has 1 amide bonds. The summed E-state index contributed by atoms with van der Waals surface area (Å²) in [4.78, 5) is 12.2. The standard InChI is InChI=1S/C19H22BrNO4/c1-4-16(13-5-10-17(23-2)18(11-13)24-3)21-19(22)12-25-15-8-6-14(20)7-9-15/h5-11,16H,4,12H2,1-3H3,(H,21,22)/t16-/m0/s1. The molecule has 0 aromatic heterocycles. The molecule has 2 aromatic carbocycles. The Hall–Kier alpha value is -2.21. The van der Waals surface area contributed by atoms with Crippen molar-refractivity contribution in [2.24, 2.45) is 0 Å². The van der Waals surface area contributed by atoms with Crippen LogP contribution in [0.25, 0.3) is 0 Å². The van der Waals surface area contributed by atoms with Crippen LogP contribution in [0.1, 0.15) is 24.9 Å². The van der Waals surface area contributed by atoms with E-state index < -0.39 is 0 Å². The average molecular weight is 408 g/mol. The molecule has 0 aliphatic rings. The highest BCUT2D eigenvalue weighted by atomic mass is 79.9. The smallest absolute Gasteiger partial charge is 0.258 e. The Labute approximate surface area is 156 Å². The van der Waals surface area contributed by atoms with Crippen molar-refractivity contribution < 1.29 is 19.0 Å². The summed E-state index contributed by atoms with van der Waals surface area (Å²) in [5.74, 6) is 1.77. The lowest BCUT2D eigenvalue weighted by Crippen LogP contribution is -2.32. The fraction of sp³-hybridized carbons (Fsp3) is 0.316. The Morgan fingerprint density at radius 1 is 1.08 bits per heavy atom. The fourth-order valence-corrected chi connectivity index (χ4v) is 2.67. The van der Waals surface area contributed by atoms with E-state index in [1.165, 1.54) is 0 Å². The predicted octanol–water partition coefficient (Wildman–Crippen LogP) is 4.11. The maximum Gasteiger partial charge on any atom is 0.258 e. The highest BCUT2D eigenvalue weighted by molar-refractivity contribution is 9.10. The van der Waals surface area contributed by atoms with Gasteiger partial charge < -0.3 is 19.5 Å². The van der Waals surface area contributed by atoms with Gasteiger partial charge in [0, 0.05) is 4.47 Å². The number of rotatable bonds is 8. The van der Waals surface area contributed by atoms with Gasteiger partial charge in [-0.15, -0.1) is 0 Å². The Kier molecular flexibility index (Phi) is 7.13. The predicted molar refractivity (Wildman–Crippen MR) is 100 cm³/mol. The van der Waals surface area contributed by atoms with Crippen LogP contribution in [0.3, 0.4) is 0 Å². The lowest BCUT2D eigenvalue weighted by molar-refractivity contribution is -0.123. The molecule has 2 rings (SSSR count). The number of carbonyl (C=O) groups excluding carboxylic acids is 1. The van der Waals surface area contributed by atoms with Gasteiger partial charge >= 0.3 is 0 Å². The van der Waals surface area contributed by atoms with Gasteiger partial charge in [0.2, 0.25) is 0 Å². The van der Waals surface area contributed by atoms with E-state index in [-0.39, 0.29) is 18.6 Å². The van der Waals surface area contributed by atoms with Crippen LogP contribution in [-0.4, -0.2) is 26.7 Å². The molecule has 6 heteroatoms. The molecule has 2 aromatic rings. The van der Waals surface area contributed by atoms with Gasteiger partial charge in [0.05, 0.1) is 20.3 Å². The van der Waals surface area contributed by atoms with Gasteiger partial charge in [0.1, 0.15) is 5.75 Å². The largest absolute Gasteiger partial charge is 0.493 e. The molecule has 1 N–H and O–H groups in total. The monoisotopic (exact) mass is 407 g/mol. The molecule has 5 nitrogen and oxygen atoms in total. The quantitative estimate of drug-likeness (QED) is 0.714. The fourth-order valence-electron chi connectivity index (χ4n) is 2.41. The van der Waals surface area contributed by atoms with Crippen LogP contribution in [0.5, 0.6) is 17.2 Å². The number of hydrogen-bond donors (Lipinski definition) is 1. The van der Waals surface area contributed by atoms with Gasteiger partial charge in [-0.1, -0.05) is 28.9 Å². The van der Waals surface area contributed by atoms with Crippen molar-refractivity contribution in [1.82, 2.24) is 5.32 Å². The third-order valence-corrected chi connectivity index (χ3v) is 4.27. The SMILES string of the molecule is CC[C@H](NC(=O)COc1ccc(Br)cc1)c1ccc(OC)c(OC)c1. The summed E-state index contributed by atoms with van der Waals surface area (Å²) in [6.45, 7) is 1.97. The third kappa shape index (κ3) is 5.39. The molecule has 25 heavy (non-hydrogen) atoms. The van der Waals surface area contributed by atoms with Crippen molar-refractivity contribution in [2.75, 3.05) is 20.8 Å². The summed E-state index contributed by atoms with van der Waals surface area (Å²) >= 11 is 3.36. The molecule has 0 unspecified atom stereocenters. The number of nitrogens with one attached hydrogen (secondary N) is 1. The molecule has 134 valence electrons. The lowest BCUT2D eigenvalue weighted by Gasteiger charge is -2.19. The molecule has 0 bridgehead atoms. The maximum absolute atomic E-state index is 12.2. The molecular weight excluding hydrogens is 386 g/mol. The number of ether oxygens (including phenoxy) is 3. The van der Waals surface area contributed by atoms with Crippen LogP contribution >= 0.6 is 15.9 Å². The van der Waals surface area contributed by atoms with Gasteiger partial charge in [0.25, 0.3) is 5.91 Å². The molecule has 0 spiro atoms. The Balaban J connectivity index is 1.98. The molecule has 1 atom stereocenters. The molecule has 0 heterocycles. The molecule has 0 saturated heterocycles. The minimum absolute atomic E-state index is 0.0363. The maximum atomic E-state index is 12.2. The molecule has 0 aliphatic heterocycles. The molecular formula is C19H22BrNO4. The van der Waals surface area contributed by atoms with E-state index in [0.717, 1.165) is 16.5 Å². The number of benzene rings is 2. The van der Waals surface area contributed by atoms with Crippen LogP contribution in [0.15, 0.2) is 46.9 Å². The van der Waals surface area contributed by atoms with Gasteiger partial charge in [-0.2, -0.15) is 0 Å². The number of hydrogen-bond acceptors (Lipinski definition) is 4. The van der Waals surface area contributed by atoms with E-state index in [4.69, 9.17) is 14.2 Å². The van der Waals surface area contributed by atoms with Crippen LogP contribution in [0.2, 0.25) is 0 Å². The average Bonchev–Trinajstić information content (AvgIpc) is 2.65. The van der Waals surface area contributed by atoms with Crippen molar-refractivity contribution in [1.29, 1.82) is 0 Å². The lowest BCUT2D eigenvalue weighted by atomic mass is 10.0. The summed E-state index contributed by atoms with van der Waals surface area (Å²) in [5, 5.41) is 2.98. The highest BCUT2D eigenvalue weighted by Crippen LogP contribution is 2.30. The van der Waals surface area contributed by atoms with Crippen molar-refractivity contribution in [3.8, 4) is 17.2 Å². The summed E-state index contributed by atoms with van der Waals surface area (Å²) in [5.41, 5.74) is 0.956. The highest BCUT2D eigenvalue weighted by Gasteiger charge is 2.15. The summed E-state index contributed by atoms with van der Waals surface area (Å²) in [6, 6.07) is 12.9. The first kappa shape index (κ1) is 19.1. The van der Waals surface area contributed by atoms with Gasteiger partial charge in [-0.25, -0.2) is 0 Å². The van der Waals surface area contributed by atoms with Crippen LogP contribution in [0.4, 0.5) is 0 Å². The van der Waals surface area contributed by atoms with E-state index >= 15 is 0 Å². The Morgan fingerprint density at radius 3 is 2.36 bits per heavy atom. The number of amides is 1. The first-order chi connectivity index (χ1) is 12.1. The van der Waals surface area contributed by atoms with Crippen LogP contribution in [0, 0.1) is 0 Å². The molecule has 0 saturated carbocycles. The number of halogens is 1. The number of methoxy groups -OCH3 is 2. The zero-order valence-corrected chi connectivity index (χ0v) is 16.1. The van der Waals surface area contributed by atoms with Crippen molar-refractivity contribution in [3.63, 3.8) is 0 Å². The third-order valence-electron chi connectivity index (χ3n) is 3.74. The number of carbonyl (C=O) groups is 1. The molecule has 0 radical (unpaired) electrons. The Bertz CT molecular complexity index is 703. The van der Waals surface area contributed by atoms with E-state index in [9.17, 15) is 4.79 Å². The first-order valence-electron chi connectivity index (χ1n) is 7.97. The van der Waals surface area contributed by atoms with E-state index in [1.54, 1.807) is 14.2 Å². The molecule has 0 fully saturated rings. The summed E-state index contributed by atoms with van der Waals surface area (Å²) in [7, 11) is 3.18. The topological polar surface area (TPSA) is 56.8 Å². The summed E-state index contributed by atoms with van der Waals surface area (Å²) < 4.78 is 17.0. The van der Waals surface area contributed by atoms with Crippen LogP contribution in [-0.2, 0) is 4.79 Å². The van der Waals surface area contributed by atoms with Crippen molar-refractivity contribution >= 4 is 21.8 Å². The zero-order chi connectivity index (χ0) is 18.2. The second kappa shape index (κ2) is 9.32. The van der Waals surface area contributed by atoms with Crippen molar-refractivity contribution in [3.05, 3.63) is 52.5 Å². The minimum Gasteiger partial charge on any atom is -0.493 e. The second-order valence-corrected chi connectivity index (χ2v) is 6.30. The van der Waals surface area contributed by atoms with Gasteiger partial charge in [-0.05, 0) is 48.4 Å².